The van der Waals surface area contributed by atoms with Crippen molar-refractivity contribution in [2.75, 3.05) is 24.5 Å². The van der Waals surface area contributed by atoms with Gasteiger partial charge in [-0.15, -0.1) is 0 Å². The first-order valence-electron chi connectivity index (χ1n) is 12.5. The van der Waals surface area contributed by atoms with Crippen LogP contribution in [0.15, 0.2) is 42.6 Å². The molecule has 2 aromatic carbocycles. The van der Waals surface area contributed by atoms with Gasteiger partial charge in [0.25, 0.3) is 0 Å². The standard InChI is InChI=1S/C27H26ClFN8/c1-14-32-24-20(36(14)2)8-7-15(22(24)28)23-25-26(35-34-23)33-21(11-31-25)37-10-9-16-18(12-37)27(16,13-30)17-5-3-4-6-19(17)29/h3-8,11,16,18H,9-10,12-13,30H2,1-2H3,(H,33,34,35)/t16-,18+,27-/m1/s1. The normalized spacial score (nSPS) is 23.1. The number of aromatic nitrogens is 6. The lowest BCUT2D eigenvalue weighted by Gasteiger charge is -2.26. The van der Waals surface area contributed by atoms with Crippen LogP contribution in [0.5, 0.6) is 0 Å². The fourth-order valence-corrected chi connectivity index (χ4v) is 6.79. The van der Waals surface area contributed by atoms with Gasteiger partial charge in [-0.2, -0.15) is 5.10 Å². The summed E-state index contributed by atoms with van der Waals surface area (Å²) in [6, 6.07) is 11.0. The van der Waals surface area contributed by atoms with Crippen molar-refractivity contribution in [2.45, 2.75) is 18.8 Å². The van der Waals surface area contributed by atoms with Crippen LogP contribution in [0.3, 0.4) is 0 Å². The molecule has 7 rings (SSSR count). The Morgan fingerprint density at radius 2 is 2.00 bits per heavy atom. The van der Waals surface area contributed by atoms with Crippen LogP contribution in [0, 0.1) is 24.6 Å². The van der Waals surface area contributed by atoms with Gasteiger partial charge in [0, 0.05) is 37.7 Å². The molecule has 188 valence electrons. The number of halogens is 2. The second-order valence-electron chi connectivity index (χ2n) is 10.2. The van der Waals surface area contributed by atoms with Gasteiger partial charge < -0.3 is 15.2 Å². The minimum Gasteiger partial charge on any atom is -0.355 e. The number of nitrogens with two attached hydrogens (primary N) is 1. The molecule has 1 aliphatic carbocycles. The summed E-state index contributed by atoms with van der Waals surface area (Å²) < 4.78 is 16.7. The summed E-state index contributed by atoms with van der Waals surface area (Å²) >= 11 is 6.77. The first-order valence-corrected chi connectivity index (χ1v) is 12.8. The van der Waals surface area contributed by atoms with E-state index in [1.54, 1.807) is 12.3 Å². The molecule has 0 bridgehead atoms. The van der Waals surface area contributed by atoms with E-state index in [0.29, 0.717) is 34.3 Å². The van der Waals surface area contributed by atoms with Crippen LogP contribution in [-0.2, 0) is 12.5 Å². The van der Waals surface area contributed by atoms with E-state index in [1.807, 2.05) is 42.8 Å². The van der Waals surface area contributed by atoms with E-state index >= 15 is 0 Å². The van der Waals surface area contributed by atoms with Crippen molar-refractivity contribution in [1.82, 2.24) is 29.7 Å². The maximum Gasteiger partial charge on any atom is 0.177 e. The first-order chi connectivity index (χ1) is 17.9. The number of hydrogen-bond acceptors (Lipinski definition) is 6. The van der Waals surface area contributed by atoms with Crippen molar-refractivity contribution < 1.29 is 4.39 Å². The van der Waals surface area contributed by atoms with E-state index in [1.165, 1.54) is 6.07 Å². The lowest BCUT2D eigenvalue weighted by atomic mass is 9.91. The summed E-state index contributed by atoms with van der Waals surface area (Å²) in [6.07, 6.45) is 2.72. The molecule has 3 N–H and O–H groups in total. The molecule has 2 aliphatic rings. The summed E-state index contributed by atoms with van der Waals surface area (Å²) in [6.45, 7) is 3.97. The first kappa shape index (κ1) is 22.6. The Morgan fingerprint density at radius 1 is 1.16 bits per heavy atom. The SMILES string of the molecule is Cc1nc2c(Cl)c(-c3n[nH]c4nc(N5CC[C@@H]6[C@H](C5)[C@@]6(CN)c5ccccc5F)cnc34)ccc2n1C. The molecular weight excluding hydrogens is 491 g/mol. The van der Waals surface area contributed by atoms with Gasteiger partial charge in [0.2, 0.25) is 0 Å². The number of aromatic amines is 1. The molecule has 5 aromatic rings. The fraction of sp³-hybridized carbons (Fsp3) is 0.333. The van der Waals surface area contributed by atoms with Gasteiger partial charge in [0.15, 0.2) is 5.65 Å². The minimum absolute atomic E-state index is 0.169. The third kappa shape index (κ3) is 3.10. The molecular formula is C27H26ClFN8. The molecule has 0 amide bonds. The Morgan fingerprint density at radius 3 is 2.81 bits per heavy atom. The number of anilines is 1. The Bertz CT molecular complexity index is 1690. The number of hydrogen-bond donors (Lipinski definition) is 2. The zero-order chi connectivity index (χ0) is 25.5. The van der Waals surface area contributed by atoms with Crippen molar-refractivity contribution in [2.24, 2.45) is 24.6 Å². The maximum atomic E-state index is 14.7. The van der Waals surface area contributed by atoms with E-state index in [-0.39, 0.29) is 17.2 Å². The van der Waals surface area contributed by atoms with Crippen LogP contribution in [0.1, 0.15) is 17.8 Å². The highest BCUT2D eigenvalue weighted by atomic mass is 35.5. The smallest absolute Gasteiger partial charge is 0.177 e. The molecule has 0 radical (unpaired) electrons. The van der Waals surface area contributed by atoms with Gasteiger partial charge in [0.05, 0.1) is 16.7 Å². The summed E-state index contributed by atoms with van der Waals surface area (Å²) in [5.74, 6) is 2.16. The monoisotopic (exact) mass is 516 g/mol. The van der Waals surface area contributed by atoms with Gasteiger partial charge >= 0.3 is 0 Å². The molecule has 1 saturated heterocycles. The van der Waals surface area contributed by atoms with E-state index < -0.39 is 0 Å². The molecule has 8 nitrogen and oxygen atoms in total. The molecule has 0 spiro atoms. The number of H-pyrrole nitrogens is 1. The lowest BCUT2D eigenvalue weighted by Crippen LogP contribution is -2.32. The molecule has 2 fully saturated rings. The van der Waals surface area contributed by atoms with Gasteiger partial charge in [-0.25, -0.2) is 19.3 Å². The number of imidazole rings is 1. The van der Waals surface area contributed by atoms with Crippen LogP contribution < -0.4 is 10.6 Å². The zero-order valence-electron chi connectivity index (χ0n) is 20.5. The summed E-state index contributed by atoms with van der Waals surface area (Å²) in [5.41, 5.74) is 11.1. The Balaban J connectivity index is 1.20. The number of aryl methyl sites for hydroxylation is 2. The van der Waals surface area contributed by atoms with Crippen molar-refractivity contribution in [3.05, 3.63) is 64.8 Å². The van der Waals surface area contributed by atoms with Gasteiger partial charge in [-0.1, -0.05) is 29.8 Å². The highest BCUT2D eigenvalue weighted by Crippen LogP contribution is 2.63. The number of fused-ring (bicyclic) bond motifs is 3. The third-order valence-electron chi connectivity index (χ3n) is 8.59. The average Bonchev–Trinajstić information content (AvgIpc) is 3.19. The van der Waals surface area contributed by atoms with Gasteiger partial charge in [-0.05, 0) is 48.9 Å². The molecule has 10 heteroatoms. The van der Waals surface area contributed by atoms with E-state index in [0.717, 1.165) is 53.3 Å². The van der Waals surface area contributed by atoms with Gasteiger partial charge in [-0.3, -0.25) is 5.10 Å². The highest BCUT2D eigenvalue weighted by molar-refractivity contribution is 6.38. The number of rotatable bonds is 4. The predicted molar refractivity (Wildman–Crippen MR) is 142 cm³/mol. The van der Waals surface area contributed by atoms with Gasteiger partial charge in [0.1, 0.15) is 34.2 Å². The van der Waals surface area contributed by atoms with Crippen molar-refractivity contribution >= 4 is 39.6 Å². The molecule has 3 atom stereocenters. The minimum atomic E-state index is -0.308. The van der Waals surface area contributed by atoms with E-state index in [4.69, 9.17) is 27.3 Å². The molecule has 3 aromatic heterocycles. The fourth-order valence-electron chi connectivity index (χ4n) is 6.49. The summed E-state index contributed by atoms with van der Waals surface area (Å²) in [5, 5.41) is 8.09. The van der Waals surface area contributed by atoms with E-state index in [9.17, 15) is 4.39 Å². The topological polar surface area (TPSA) is 102 Å². The third-order valence-corrected chi connectivity index (χ3v) is 8.97. The number of benzene rings is 2. The number of nitrogens with zero attached hydrogens (tertiary/aromatic N) is 6. The van der Waals surface area contributed by atoms with Crippen molar-refractivity contribution in [3.8, 4) is 11.3 Å². The Hall–Kier alpha value is -3.56. The Labute approximate surface area is 217 Å². The summed E-state index contributed by atoms with van der Waals surface area (Å²) in [4.78, 5) is 16.4. The molecule has 4 heterocycles. The number of nitrogens with one attached hydrogen (secondary N) is 1. The average molecular weight is 517 g/mol. The largest absolute Gasteiger partial charge is 0.355 e. The zero-order valence-corrected chi connectivity index (χ0v) is 21.3. The summed E-state index contributed by atoms with van der Waals surface area (Å²) in [7, 11) is 1.97. The molecule has 1 saturated carbocycles. The lowest BCUT2D eigenvalue weighted by molar-refractivity contribution is 0.533. The molecule has 1 aliphatic heterocycles. The predicted octanol–water partition coefficient (Wildman–Crippen LogP) is 4.36. The van der Waals surface area contributed by atoms with Crippen molar-refractivity contribution in [3.63, 3.8) is 0 Å². The molecule has 0 unspecified atom stereocenters. The number of piperidine rings is 1. The maximum absolute atomic E-state index is 14.7. The van der Waals surface area contributed by atoms with Crippen LogP contribution in [-0.4, -0.2) is 49.4 Å². The van der Waals surface area contributed by atoms with E-state index in [2.05, 4.69) is 20.1 Å². The quantitative estimate of drug-likeness (QED) is 0.368. The van der Waals surface area contributed by atoms with Crippen LogP contribution in [0.25, 0.3) is 33.5 Å². The second-order valence-corrected chi connectivity index (χ2v) is 10.6. The van der Waals surface area contributed by atoms with Crippen LogP contribution >= 0.6 is 11.6 Å². The highest BCUT2D eigenvalue weighted by Gasteiger charge is 2.66. The second kappa shape index (κ2) is 7.97. The van der Waals surface area contributed by atoms with Crippen molar-refractivity contribution in [1.29, 1.82) is 0 Å². The van der Waals surface area contributed by atoms with Crippen LogP contribution in [0.4, 0.5) is 10.2 Å². The molecule has 37 heavy (non-hydrogen) atoms. The Kier molecular flexibility index (Phi) is 4.87. The van der Waals surface area contributed by atoms with Crippen LogP contribution in [0.2, 0.25) is 5.02 Å².